The fourth-order valence-electron chi connectivity index (χ4n) is 2.51. The molecular formula is C18H19FN2O2S. The zero-order valence-electron chi connectivity index (χ0n) is 13.9. The molecule has 0 amide bonds. The lowest BCUT2D eigenvalue weighted by atomic mass is 10.2. The predicted octanol–water partition coefficient (Wildman–Crippen LogP) is 4.49. The quantitative estimate of drug-likeness (QED) is 0.659. The van der Waals surface area contributed by atoms with Crippen molar-refractivity contribution in [3.63, 3.8) is 0 Å². The Balaban J connectivity index is 1.69. The summed E-state index contributed by atoms with van der Waals surface area (Å²) in [5.41, 5.74) is 1.78. The molecule has 0 spiro atoms. The van der Waals surface area contributed by atoms with Crippen LogP contribution in [0.15, 0.2) is 40.1 Å². The topological polar surface area (TPSA) is 38.5 Å². The lowest BCUT2D eigenvalue weighted by molar-refractivity contribution is 0.312. The van der Waals surface area contributed by atoms with Crippen LogP contribution < -0.4 is 4.74 Å². The van der Waals surface area contributed by atoms with Gasteiger partial charge >= 0.3 is 0 Å². The van der Waals surface area contributed by atoms with Gasteiger partial charge in [-0.2, -0.15) is 0 Å². The van der Waals surface area contributed by atoms with Crippen molar-refractivity contribution in [2.24, 2.45) is 0 Å². The van der Waals surface area contributed by atoms with Gasteiger partial charge in [-0.25, -0.2) is 9.37 Å². The summed E-state index contributed by atoms with van der Waals surface area (Å²) in [6, 6.07) is 8.98. The molecule has 0 saturated carbocycles. The minimum Gasteiger partial charge on any atom is -0.494 e. The molecule has 24 heavy (non-hydrogen) atoms. The molecule has 0 fully saturated rings. The maximum Gasteiger partial charge on any atom is 0.236 e. The summed E-state index contributed by atoms with van der Waals surface area (Å²) in [4.78, 5) is 7.68. The maximum atomic E-state index is 13.8. The average molecular weight is 346 g/mol. The third-order valence-corrected chi connectivity index (χ3v) is 4.57. The molecule has 126 valence electrons. The Morgan fingerprint density at radius 2 is 2.12 bits per heavy atom. The van der Waals surface area contributed by atoms with Gasteiger partial charge in [0.1, 0.15) is 5.76 Å². The van der Waals surface area contributed by atoms with Crippen molar-refractivity contribution >= 4 is 11.3 Å². The predicted molar refractivity (Wildman–Crippen MR) is 92.7 cm³/mol. The van der Waals surface area contributed by atoms with Crippen LogP contribution >= 0.6 is 11.3 Å². The molecule has 0 aliphatic rings. The number of ether oxygens (including phenoxy) is 1. The number of halogens is 1. The Hall–Kier alpha value is -2.18. The molecule has 0 saturated heterocycles. The highest BCUT2D eigenvalue weighted by atomic mass is 32.1. The van der Waals surface area contributed by atoms with Gasteiger partial charge in [-0.15, -0.1) is 11.3 Å². The van der Waals surface area contributed by atoms with Crippen molar-refractivity contribution in [3.05, 3.63) is 58.5 Å². The number of oxazole rings is 1. The van der Waals surface area contributed by atoms with E-state index in [0.29, 0.717) is 19.0 Å². The number of hydrogen-bond donors (Lipinski definition) is 0. The van der Waals surface area contributed by atoms with Crippen LogP contribution in [0.2, 0.25) is 0 Å². The van der Waals surface area contributed by atoms with Gasteiger partial charge in [0.05, 0.1) is 17.7 Å². The van der Waals surface area contributed by atoms with Crippen LogP contribution in [-0.4, -0.2) is 24.0 Å². The van der Waals surface area contributed by atoms with Crippen LogP contribution in [0.4, 0.5) is 4.39 Å². The molecule has 0 unspecified atom stereocenters. The maximum absolute atomic E-state index is 13.8. The van der Waals surface area contributed by atoms with E-state index in [1.807, 2.05) is 37.6 Å². The van der Waals surface area contributed by atoms with E-state index in [9.17, 15) is 4.39 Å². The van der Waals surface area contributed by atoms with Crippen LogP contribution in [0.3, 0.4) is 0 Å². The summed E-state index contributed by atoms with van der Waals surface area (Å²) in [6.45, 7) is 3.16. The number of thiophene rings is 1. The van der Waals surface area contributed by atoms with Gasteiger partial charge in [0.15, 0.2) is 11.6 Å². The van der Waals surface area contributed by atoms with Gasteiger partial charge in [-0.1, -0.05) is 12.1 Å². The second-order valence-electron chi connectivity index (χ2n) is 5.64. The zero-order chi connectivity index (χ0) is 17.1. The first-order chi connectivity index (χ1) is 11.6. The summed E-state index contributed by atoms with van der Waals surface area (Å²) in [5, 5.41) is 2.00. The van der Waals surface area contributed by atoms with E-state index in [2.05, 4.69) is 9.88 Å². The molecule has 2 heterocycles. The van der Waals surface area contributed by atoms with Crippen LogP contribution in [0, 0.1) is 12.7 Å². The van der Waals surface area contributed by atoms with Crippen molar-refractivity contribution in [2.75, 3.05) is 14.2 Å². The summed E-state index contributed by atoms with van der Waals surface area (Å²) in [7, 11) is 3.43. The second-order valence-corrected chi connectivity index (χ2v) is 6.59. The second kappa shape index (κ2) is 7.15. The number of nitrogens with zero attached hydrogens (tertiary/aromatic N) is 2. The average Bonchev–Trinajstić information content (AvgIpc) is 3.18. The lowest BCUT2D eigenvalue weighted by Gasteiger charge is -2.16. The largest absolute Gasteiger partial charge is 0.494 e. The van der Waals surface area contributed by atoms with Gasteiger partial charge in [0.25, 0.3) is 0 Å². The molecule has 1 aromatic carbocycles. The van der Waals surface area contributed by atoms with Crippen molar-refractivity contribution in [2.45, 2.75) is 20.0 Å². The molecule has 4 nitrogen and oxygen atoms in total. The first-order valence-electron chi connectivity index (χ1n) is 7.58. The number of hydrogen-bond acceptors (Lipinski definition) is 5. The Morgan fingerprint density at radius 1 is 1.29 bits per heavy atom. The molecule has 0 N–H and O–H groups in total. The molecule has 3 aromatic rings. The highest BCUT2D eigenvalue weighted by Crippen LogP contribution is 2.26. The normalized spacial score (nSPS) is 11.2. The van der Waals surface area contributed by atoms with Crippen LogP contribution in [0.1, 0.15) is 17.0 Å². The van der Waals surface area contributed by atoms with Gasteiger partial charge < -0.3 is 9.15 Å². The van der Waals surface area contributed by atoms with E-state index in [0.717, 1.165) is 21.9 Å². The van der Waals surface area contributed by atoms with Crippen LogP contribution in [-0.2, 0) is 13.1 Å². The minimum atomic E-state index is -0.346. The third kappa shape index (κ3) is 3.66. The van der Waals surface area contributed by atoms with Crippen LogP contribution in [0.25, 0.3) is 10.8 Å². The molecule has 0 radical (unpaired) electrons. The van der Waals surface area contributed by atoms with Crippen molar-refractivity contribution in [3.8, 4) is 16.5 Å². The first kappa shape index (κ1) is 16.7. The highest BCUT2D eigenvalue weighted by molar-refractivity contribution is 7.13. The molecule has 6 heteroatoms. The number of rotatable bonds is 6. The summed E-state index contributed by atoms with van der Waals surface area (Å²) in [5.74, 6) is 1.38. The standard InChI is InChI=1S/C18H19FN2O2S/c1-12-15(20-18(23-12)17-5-4-8-24-17)11-21(2)10-13-6-7-16(22-3)14(19)9-13/h4-9H,10-11H2,1-3H3. The molecule has 0 aliphatic carbocycles. The minimum absolute atomic E-state index is 0.259. The fraction of sp³-hybridized carbons (Fsp3) is 0.278. The first-order valence-corrected chi connectivity index (χ1v) is 8.46. The molecule has 2 aromatic heterocycles. The Morgan fingerprint density at radius 3 is 2.79 bits per heavy atom. The molecule has 3 rings (SSSR count). The van der Waals surface area contributed by atoms with Crippen molar-refractivity contribution in [1.82, 2.24) is 9.88 Å². The summed E-state index contributed by atoms with van der Waals surface area (Å²) >= 11 is 1.60. The van der Waals surface area contributed by atoms with Crippen molar-refractivity contribution in [1.29, 1.82) is 0 Å². The Bertz CT molecular complexity index is 815. The fourth-order valence-corrected chi connectivity index (χ4v) is 3.16. The van der Waals surface area contributed by atoms with E-state index in [4.69, 9.17) is 9.15 Å². The number of aryl methyl sites for hydroxylation is 1. The van der Waals surface area contributed by atoms with E-state index >= 15 is 0 Å². The van der Waals surface area contributed by atoms with E-state index in [-0.39, 0.29) is 11.6 Å². The van der Waals surface area contributed by atoms with E-state index in [1.54, 1.807) is 17.4 Å². The third-order valence-electron chi connectivity index (χ3n) is 3.71. The molecule has 0 bridgehead atoms. The number of methoxy groups -OCH3 is 1. The Kier molecular flexibility index (Phi) is 4.97. The SMILES string of the molecule is COc1ccc(CN(C)Cc2nc(-c3cccs3)oc2C)cc1F. The Labute approximate surface area is 144 Å². The van der Waals surface area contributed by atoms with Crippen molar-refractivity contribution < 1.29 is 13.5 Å². The monoisotopic (exact) mass is 346 g/mol. The van der Waals surface area contributed by atoms with Gasteiger partial charge in [0, 0.05) is 13.1 Å². The summed E-state index contributed by atoms with van der Waals surface area (Å²) < 4.78 is 24.5. The van der Waals surface area contributed by atoms with Crippen LogP contribution in [0.5, 0.6) is 5.75 Å². The van der Waals surface area contributed by atoms with E-state index < -0.39 is 0 Å². The molecule has 0 atom stereocenters. The van der Waals surface area contributed by atoms with Gasteiger partial charge in [0.2, 0.25) is 5.89 Å². The van der Waals surface area contributed by atoms with Gasteiger partial charge in [-0.05, 0) is 43.1 Å². The summed E-state index contributed by atoms with van der Waals surface area (Å²) in [6.07, 6.45) is 0. The number of benzene rings is 1. The lowest BCUT2D eigenvalue weighted by Crippen LogP contribution is -2.18. The number of aromatic nitrogens is 1. The van der Waals surface area contributed by atoms with E-state index in [1.165, 1.54) is 13.2 Å². The van der Waals surface area contributed by atoms with Gasteiger partial charge in [-0.3, -0.25) is 4.90 Å². The molecular weight excluding hydrogens is 327 g/mol. The highest BCUT2D eigenvalue weighted by Gasteiger charge is 2.14. The molecule has 0 aliphatic heterocycles. The smallest absolute Gasteiger partial charge is 0.236 e. The zero-order valence-corrected chi connectivity index (χ0v) is 14.7.